The molecule has 1 heterocycles. The smallest absolute Gasteiger partial charge is 0.250 e. The van der Waals surface area contributed by atoms with Crippen LogP contribution in [-0.2, 0) is 23.2 Å². The molecule has 0 aliphatic rings. The number of nitrogens with one attached hydrogen (secondary N) is 1. The van der Waals surface area contributed by atoms with Gasteiger partial charge in [0.25, 0.3) is 0 Å². The van der Waals surface area contributed by atoms with Crippen LogP contribution >= 0.6 is 27.3 Å². The van der Waals surface area contributed by atoms with Gasteiger partial charge in [0, 0.05) is 6.54 Å². The molecular weight excluding hydrogens is 350 g/mol. The van der Waals surface area contributed by atoms with Crippen molar-refractivity contribution in [2.75, 3.05) is 0 Å². The van der Waals surface area contributed by atoms with Crippen LogP contribution in [0.3, 0.4) is 0 Å². The van der Waals surface area contributed by atoms with E-state index in [9.17, 15) is 8.42 Å². The van der Waals surface area contributed by atoms with Gasteiger partial charge < -0.3 is 5.11 Å². The van der Waals surface area contributed by atoms with E-state index in [2.05, 4.69) is 20.7 Å². The Morgan fingerprint density at radius 3 is 2.58 bits per heavy atom. The molecule has 102 valence electrons. The van der Waals surface area contributed by atoms with Gasteiger partial charge in [0.05, 0.1) is 10.4 Å². The maximum atomic E-state index is 12.0. The minimum Gasteiger partial charge on any atom is -0.392 e. The summed E-state index contributed by atoms with van der Waals surface area (Å²) in [5.74, 6) is 0. The van der Waals surface area contributed by atoms with Crippen molar-refractivity contribution in [2.24, 2.45) is 0 Å². The lowest BCUT2D eigenvalue weighted by molar-refractivity contribution is 0.281. The van der Waals surface area contributed by atoms with Gasteiger partial charge in [-0.05, 0) is 39.2 Å². The van der Waals surface area contributed by atoms with Crippen LogP contribution in [0.25, 0.3) is 0 Å². The maximum Gasteiger partial charge on any atom is 0.250 e. The summed E-state index contributed by atoms with van der Waals surface area (Å²) in [6.45, 7) is 0.143. The van der Waals surface area contributed by atoms with Crippen molar-refractivity contribution in [1.29, 1.82) is 0 Å². The van der Waals surface area contributed by atoms with Gasteiger partial charge in [-0.2, -0.15) is 0 Å². The molecule has 0 spiro atoms. The molecule has 0 fully saturated rings. The first-order chi connectivity index (χ1) is 9.01. The lowest BCUT2D eigenvalue weighted by Gasteiger charge is -2.06. The Morgan fingerprint density at radius 1 is 1.21 bits per heavy atom. The molecule has 0 unspecified atom stereocenters. The molecule has 4 nitrogen and oxygen atoms in total. The van der Waals surface area contributed by atoms with Crippen molar-refractivity contribution in [3.63, 3.8) is 0 Å². The number of sulfonamides is 1. The lowest BCUT2D eigenvalue weighted by atomic mass is 10.1. The highest BCUT2D eigenvalue weighted by molar-refractivity contribution is 9.11. The summed E-state index contributed by atoms with van der Waals surface area (Å²) in [6, 6.07) is 10.4. The monoisotopic (exact) mass is 361 g/mol. The molecule has 0 aliphatic carbocycles. The van der Waals surface area contributed by atoms with Gasteiger partial charge in [0.15, 0.2) is 0 Å². The summed E-state index contributed by atoms with van der Waals surface area (Å²) < 4.78 is 27.6. The average Bonchev–Trinajstić information content (AvgIpc) is 2.84. The summed E-state index contributed by atoms with van der Waals surface area (Å²) in [5, 5.41) is 9.03. The van der Waals surface area contributed by atoms with Gasteiger partial charge in [-0.25, -0.2) is 13.1 Å². The van der Waals surface area contributed by atoms with E-state index in [0.29, 0.717) is 0 Å². The van der Waals surface area contributed by atoms with E-state index in [0.717, 1.165) is 26.3 Å². The first-order valence-corrected chi connectivity index (χ1v) is 8.54. The Labute approximate surface area is 124 Å². The summed E-state index contributed by atoms with van der Waals surface area (Å²) in [6.07, 6.45) is 0. The minimum absolute atomic E-state index is 0.0571. The van der Waals surface area contributed by atoms with Crippen LogP contribution in [0.2, 0.25) is 0 Å². The molecule has 1 aromatic carbocycles. The Hall–Kier alpha value is -0.730. The Bertz CT molecular complexity index is 667. The first kappa shape index (κ1) is 14.7. The third-order valence-corrected chi connectivity index (χ3v) is 5.97. The van der Waals surface area contributed by atoms with Crippen LogP contribution in [0.15, 0.2) is 44.4 Å². The highest BCUT2D eigenvalue weighted by Gasteiger charge is 2.15. The second-order valence-electron chi connectivity index (χ2n) is 3.86. The quantitative estimate of drug-likeness (QED) is 0.859. The van der Waals surface area contributed by atoms with Gasteiger partial charge in [-0.3, -0.25) is 0 Å². The SMILES string of the molecule is O=S(=O)(NCc1cccc(CO)c1)c1ccc(Br)s1. The van der Waals surface area contributed by atoms with E-state index in [1.165, 1.54) is 0 Å². The number of hydrogen-bond donors (Lipinski definition) is 2. The molecule has 0 saturated heterocycles. The number of thiophene rings is 1. The van der Waals surface area contributed by atoms with E-state index in [1.54, 1.807) is 30.3 Å². The fraction of sp³-hybridized carbons (Fsp3) is 0.167. The number of aliphatic hydroxyl groups is 1. The molecule has 7 heteroatoms. The van der Waals surface area contributed by atoms with Crippen molar-refractivity contribution in [3.05, 3.63) is 51.3 Å². The fourth-order valence-corrected chi connectivity index (χ4v) is 4.60. The van der Waals surface area contributed by atoms with Crippen LogP contribution in [0, 0.1) is 0 Å². The Kier molecular flexibility index (Phi) is 4.75. The molecule has 2 aromatic rings. The molecular formula is C12H12BrNO3S2. The number of rotatable bonds is 5. The highest BCUT2D eigenvalue weighted by atomic mass is 79.9. The first-order valence-electron chi connectivity index (χ1n) is 5.45. The zero-order chi connectivity index (χ0) is 13.9. The summed E-state index contributed by atoms with van der Waals surface area (Å²) in [4.78, 5) is 0. The molecule has 0 atom stereocenters. The number of halogens is 1. The van der Waals surface area contributed by atoms with Crippen molar-refractivity contribution >= 4 is 37.3 Å². The van der Waals surface area contributed by atoms with Crippen LogP contribution in [0.4, 0.5) is 0 Å². The molecule has 0 bridgehead atoms. The van der Waals surface area contributed by atoms with E-state index >= 15 is 0 Å². The highest BCUT2D eigenvalue weighted by Crippen LogP contribution is 2.25. The normalized spacial score (nSPS) is 11.7. The molecule has 2 N–H and O–H groups in total. The van der Waals surface area contributed by atoms with Crippen molar-refractivity contribution in [2.45, 2.75) is 17.4 Å². The predicted octanol–water partition coefficient (Wildman–Crippen LogP) is 2.48. The van der Waals surface area contributed by atoms with Crippen molar-refractivity contribution in [1.82, 2.24) is 4.72 Å². The van der Waals surface area contributed by atoms with Crippen LogP contribution in [-0.4, -0.2) is 13.5 Å². The third kappa shape index (κ3) is 3.87. The maximum absolute atomic E-state index is 12.0. The Morgan fingerprint density at radius 2 is 1.95 bits per heavy atom. The van der Waals surface area contributed by atoms with E-state index < -0.39 is 10.0 Å². The Balaban J connectivity index is 2.09. The minimum atomic E-state index is -3.48. The van der Waals surface area contributed by atoms with E-state index in [-0.39, 0.29) is 17.4 Å². The number of benzene rings is 1. The van der Waals surface area contributed by atoms with Crippen LogP contribution < -0.4 is 4.72 Å². The summed E-state index contributed by atoms with van der Waals surface area (Å²) >= 11 is 4.40. The molecule has 1 aromatic heterocycles. The van der Waals surface area contributed by atoms with Gasteiger partial charge in [-0.15, -0.1) is 11.3 Å². The molecule has 0 aliphatic heterocycles. The standard InChI is InChI=1S/C12H12BrNO3S2/c13-11-4-5-12(18-11)19(16,17)14-7-9-2-1-3-10(6-9)8-15/h1-6,14-15H,7-8H2. The van der Waals surface area contributed by atoms with Crippen LogP contribution in [0.5, 0.6) is 0 Å². The summed E-state index contributed by atoms with van der Waals surface area (Å²) in [5.41, 5.74) is 1.57. The van der Waals surface area contributed by atoms with Gasteiger partial charge in [-0.1, -0.05) is 24.3 Å². The molecule has 0 amide bonds. The average molecular weight is 362 g/mol. The molecule has 0 saturated carbocycles. The van der Waals surface area contributed by atoms with Crippen molar-refractivity contribution < 1.29 is 13.5 Å². The van der Waals surface area contributed by atoms with Crippen molar-refractivity contribution in [3.8, 4) is 0 Å². The molecule has 0 radical (unpaired) electrons. The topological polar surface area (TPSA) is 66.4 Å². The number of hydrogen-bond acceptors (Lipinski definition) is 4. The second-order valence-corrected chi connectivity index (χ2v) is 8.32. The van der Waals surface area contributed by atoms with E-state index in [4.69, 9.17) is 5.11 Å². The lowest BCUT2D eigenvalue weighted by Crippen LogP contribution is -2.22. The second kappa shape index (κ2) is 6.15. The number of aliphatic hydroxyl groups excluding tert-OH is 1. The van der Waals surface area contributed by atoms with E-state index in [1.807, 2.05) is 6.07 Å². The van der Waals surface area contributed by atoms with Crippen LogP contribution in [0.1, 0.15) is 11.1 Å². The largest absolute Gasteiger partial charge is 0.392 e. The third-order valence-electron chi connectivity index (χ3n) is 2.45. The van der Waals surface area contributed by atoms with Gasteiger partial charge >= 0.3 is 0 Å². The van der Waals surface area contributed by atoms with Gasteiger partial charge in [0.1, 0.15) is 4.21 Å². The van der Waals surface area contributed by atoms with Gasteiger partial charge in [0.2, 0.25) is 10.0 Å². The zero-order valence-electron chi connectivity index (χ0n) is 9.84. The summed E-state index contributed by atoms with van der Waals surface area (Å²) in [7, 11) is -3.48. The molecule has 2 rings (SSSR count). The fourth-order valence-electron chi connectivity index (χ4n) is 1.53. The zero-order valence-corrected chi connectivity index (χ0v) is 13.1. The molecule has 19 heavy (non-hydrogen) atoms. The predicted molar refractivity (Wildman–Crippen MR) is 78.4 cm³/mol.